The van der Waals surface area contributed by atoms with Gasteiger partial charge in [0.2, 0.25) is 5.91 Å². The summed E-state index contributed by atoms with van der Waals surface area (Å²) < 4.78 is 5.69. The van der Waals surface area contributed by atoms with Crippen molar-refractivity contribution in [1.29, 1.82) is 0 Å². The summed E-state index contributed by atoms with van der Waals surface area (Å²) in [5.74, 6) is 1.71. The van der Waals surface area contributed by atoms with E-state index in [1.165, 1.54) is 12.8 Å². The normalized spacial score (nSPS) is 14.2. The van der Waals surface area contributed by atoms with Crippen LogP contribution in [0, 0.1) is 5.92 Å². The Morgan fingerprint density at radius 1 is 1.31 bits per heavy atom. The Bertz CT molecular complexity index is 582. The van der Waals surface area contributed by atoms with Gasteiger partial charge in [-0.2, -0.15) is 0 Å². The number of hydrogen-bond acceptors (Lipinski definition) is 3. The molecule has 0 spiro atoms. The molecule has 1 amide bonds. The number of anilines is 1. The van der Waals surface area contributed by atoms with E-state index in [0.717, 1.165) is 49.3 Å². The standard InChI is InChI=1S/C20H32N4O2/c1-4-5-19(25)23-18-10-8-16(9-11-18)14-22-20(21-2)24(3)12-13-26-15-17-6-7-17/h8-11,17H,4-7,12-15H2,1-3H3,(H,21,22)(H,23,25). The Morgan fingerprint density at radius 3 is 2.65 bits per heavy atom. The van der Waals surface area contributed by atoms with Gasteiger partial charge in [0.25, 0.3) is 0 Å². The molecule has 0 saturated heterocycles. The zero-order valence-corrected chi connectivity index (χ0v) is 16.3. The van der Waals surface area contributed by atoms with Crippen molar-refractivity contribution >= 4 is 17.6 Å². The largest absolute Gasteiger partial charge is 0.379 e. The van der Waals surface area contributed by atoms with Gasteiger partial charge in [0.1, 0.15) is 0 Å². The maximum Gasteiger partial charge on any atom is 0.224 e. The van der Waals surface area contributed by atoms with Gasteiger partial charge in [0, 0.05) is 45.9 Å². The zero-order valence-electron chi connectivity index (χ0n) is 16.3. The summed E-state index contributed by atoms with van der Waals surface area (Å²) in [5.41, 5.74) is 1.97. The second-order valence-electron chi connectivity index (χ2n) is 6.84. The molecule has 0 aliphatic heterocycles. The Hall–Kier alpha value is -2.08. The van der Waals surface area contributed by atoms with Crippen molar-refractivity contribution in [3.63, 3.8) is 0 Å². The predicted molar refractivity (Wildman–Crippen MR) is 106 cm³/mol. The van der Waals surface area contributed by atoms with Gasteiger partial charge in [-0.1, -0.05) is 19.1 Å². The SMILES string of the molecule is CCCC(=O)Nc1ccc(CNC(=NC)N(C)CCOCC2CC2)cc1. The van der Waals surface area contributed by atoms with Gasteiger partial charge in [-0.3, -0.25) is 9.79 Å². The molecule has 6 nitrogen and oxygen atoms in total. The molecule has 0 radical (unpaired) electrons. The van der Waals surface area contributed by atoms with Crippen LogP contribution in [0.1, 0.15) is 38.2 Å². The van der Waals surface area contributed by atoms with Crippen LogP contribution < -0.4 is 10.6 Å². The molecule has 26 heavy (non-hydrogen) atoms. The number of aliphatic imine (C=N–C) groups is 1. The van der Waals surface area contributed by atoms with E-state index < -0.39 is 0 Å². The first-order valence-electron chi connectivity index (χ1n) is 9.50. The number of likely N-dealkylation sites (N-methyl/N-ethyl adjacent to an activating group) is 1. The Balaban J connectivity index is 1.71. The molecular formula is C20H32N4O2. The van der Waals surface area contributed by atoms with Crippen molar-refractivity contribution in [2.24, 2.45) is 10.9 Å². The van der Waals surface area contributed by atoms with E-state index in [4.69, 9.17) is 4.74 Å². The minimum absolute atomic E-state index is 0.0595. The smallest absolute Gasteiger partial charge is 0.224 e. The number of nitrogens with zero attached hydrogens (tertiary/aromatic N) is 2. The molecule has 1 aromatic rings. The number of carbonyl (C=O) groups is 1. The van der Waals surface area contributed by atoms with Gasteiger partial charge >= 0.3 is 0 Å². The monoisotopic (exact) mass is 360 g/mol. The summed E-state index contributed by atoms with van der Waals surface area (Å²) in [5, 5.41) is 6.26. The first kappa shape index (κ1) is 20.2. The second-order valence-corrected chi connectivity index (χ2v) is 6.84. The van der Waals surface area contributed by atoms with Crippen molar-refractivity contribution < 1.29 is 9.53 Å². The van der Waals surface area contributed by atoms with Crippen molar-refractivity contribution in [3.05, 3.63) is 29.8 Å². The fourth-order valence-corrected chi connectivity index (χ4v) is 2.56. The van der Waals surface area contributed by atoms with Crippen molar-refractivity contribution in [2.75, 3.05) is 39.2 Å². The number of guanidine groups is 1. The first-order valence-corrected chi connectivity index (χ1v) is 9.50. The highest BCUT2D eigenvalue weighted by Gasteiger charge is 2.21. The van der Waals surface area contributed by atoms with E-state index in [1.807, 2.05) is 38.2 Å². The lowest BCUT2D eigenvalue weighted by Gasteiger charge is -2.22. The highest BCUT2D eigenvalue weighted by molar-refractivity contribution is 5.90. The van der Waals surface area contributed by atoms with Gasteiger partial charge in [-0.25, -0.2) is 0 Å². The summed E-state index contributed by atoms with van der Waals surface area (Å²) >= 11 is 0. The number of hydrogen-bond donors (Lipinski definition) is 2. The highest BCUT2D eigenvalue weighted by Crippen LogP contribution is 2.28. The maximum absolute atomic E-state index is 11.6. The van der Waals surface area contributed by atoms with Gasteiger partial charge in [-0.15, -0.1) is 0 Å². The Kier molecular flexibility index (Phi) is 8.41. The maximum atomic E-state index is 11.6. The van der Waals surface area contributed by atoms with Gasteiger partial charge in [0.15, 0.2) is 5.96 Å². The van der Waals surface area contributed by atoms with Gasteiger partial charge in [-0.05, 0) is 42.9 Å². The molecule has 0 atom stereocenters. The molecule has 2 rings (SSSR count). The fourth-order valence-electron chi connectivity index (χ4n) is 2.56. The number of carbonyl (C=O) groups excluding carboxylic acids is 1. The van der Waals surface area contributed by atoms with E-state index in [2.05, 4.69) is 20.5 Å². The lowest BCUT2D eigenvalue weighted by molar-refractivity contribution is -0.116. The quantitative estimate of drug-likeness (QED) is 0.382. The highest BCUT2D eigenvalue weighted by atomic mass is 16.5. The molecule has 0 heterocycles. The van der Waals surface area contributed by atoms with Crippen molar-refractivity contribution in [1.82, 2.24) is 10.2 Å². The molecule has 6 heteroatoms. The number of ether oxygens (including phenoxy) is 1. The Morgan fingerprint density at radius 2 is 2.04 bits per heavy atom. The van der Waals surface area contributed by atoms with Crippen LogP contribution in [-0.2, 0) is 16.1 Å². The molecule has 1 aliphatic carbocycles. The van der Waals surface area contributed by atoms with E-state index >= 15 is 0 Å². The molecule has 0 aromatic heterocycles. The molecule has 1 fully saturated rings. The minimum atomic E-state index is 0.0595. The van der Waals surface area contributed by atoms with Crippen LogP contribution in [0.5, 0.6) is 0 Å². The van der Waals surface area contributed by atoms with Crippen molar-refractivity contribution in [3.8, 4) is 0 Å². The third-order valence-corrected chi connectivity index (χ3v) is 4.36. The van der Waals surface area contributed by atoms with Gasteiger partial charge in [0.05, 0.1) is 6.61 Å². The number of amides is 1. The van der Waals surface area contributed by atoms with E-state index in [-0.39, 0.29) is 5.91 Å². The van der Waals surface area contributed by atoms with Crippen LogP contribution in [0.2, 0.25) is 0 Å². The number of nitrogens with one attached hydrogen (secondary N) is 2. The number of benzene rings is 1. The third-order valence-electron chi connectivity index (χ3n) is 4.36. The molecule has 1 aromatic carbocycles. The van der Waals surface area contributed by atoms with Crippen LogP contribution in [0.15, 0.2) is 29.3 Å². The summed E-state index contributed by atoms with van der Waals surface area (Å²) in [6.45, 7) is 5.11. The number of rotatable bonds is 10. The molecule has 0 bridgehead atoms. The van der Waals surface area contributed by atoms with Crippen LogP contribution in [0.3, 0.4) is 0 Å². The molecule has 0 unspecified atom stereocenters. The van der Waals surface area contributed by atoms with E-state index in [1.54, 1.807) is 7.05 Å². The predicted octanol–water partition coefficient (Wildman–Crippen LogP) is 2.86. The average molecular weight is 361 g/mol. The van der Waals surface area contributed by atoms with Crippen LogP contribution in [0.25, 0.3) is 0 Å². The topological polar surface area (TPSA) is 66.0 Å². The van der Waals surface area contributed by atoms with Crippen LogP contribution >= 0.6 is 0 Å². The molecule has 1 aliphatic rings. The van der Waals surface area contributed by atoms with E-state index in [0.29, 0.717) is 13.0 Å². The molecular weight excluding hydrogens is 328 g/mol. The molecule has 144 valence electrons. The van der Waals surface area contributed by atoms with Gasteiger partial charge < -0.3 is 20.3 Å². The summed E-state index contributed by atoms with van der Waals surface area (Å²) in [6.07, 6.45) is 4.04. The summed E-state index contributed by atoms with van der Waals surface area (Å²) in [7, 11) is 3.80. The minimum Gasteiger partial charge on any atom is -0.379 e. The van der Waals surface area contributed by atoms with Crippen LogP contribution in [-0.4, -0.2) is 50.6 Å². The average Bonchev–Trinajstić information content (AvgIpc) is 3.45. The van der Waals surface area contributed by atoms with E-state index in [9.17, 15) is 4.79 Å². The summed E-state index contributed by atoms with van der Waals surface area (Å²) in [6, 6.07) is 7.90. The Labute approximate surface area is 157 Å². The third kappa shape index (κ3) is 7.44. The molecule has 2 N–H and O–H groups in total. The molecule has 1 saturated carbocycles. The lowest BCUT2D eigenvalue weighted by atomic mass is 10.2. The van der Waals surface area contributed by atoms with Crippen LogP contribution in [0.4, 0.5) is 5.69 Å². The zero-order chi connectivity index (χ0) is 18.8. The lowest BCUT2D eigenvalue weighted by Crippen LogP contribution is -2.40. The summed E-state index contributed by atoms with van der Waals surface area (Å²) in [4.78, 5) is 18.0. The first-order chi connectivity index (χ1) is 12.6. The fraction of sp³-hybridized carbons (Fsp3) is 0.600. The van der Waals surface area contributed by atoms with Crippen molar-refractivity contribution in [2.45, 2.75) is 39.2 Å². The second kappa shape index (κ2) is 10.8.